The number of aryl methyl sites for hydroxylation is 4. The number of alkyl halides is 1. The number of aromatic hydroxyl groups is 1. The third kappa shape index (κ3) is 31.8. The third-order valence-electron chi connectivity index (χ3n) is 16.5. The van der Waals surface area contributed by atoms with Crippen LogP contribution in [0.3, 0.4) is 0 Å². The fraction of sp³-hybridized carbons (Fsp3) is 0.195. The molecule has 0 atom stereocenters. The molecule has 0 saturated heterocycles. The van der Waals surface area contributed by atoms with Gasteiger partial charge in [-0.25, -0.2) is 58.6 Å². The van der Waals surface area contributed by atoms with E-state index in [9.17, 15) is 57.6 Å². The van der Waals surface area contributed by atoms with Gasteiger partial charge in [-0.05, 0) is 238 Å². The fourth-order valence-corrected chi connectivity index (χ4v) is 15.8. The molecule has 40 nitrogen and oxygen atoms in total. The van der Waals surface area contributed by atoms with Gasteiger partial charge in [-0.15, -0.1) is 4.33 Å². The van der Waals surface area contributed by atoms with E-state index in [4.69, 9.17) is 56.1 Å². The molecule has 8 aromatic carbocycles. The smallest absolute Gasteiger partial charge is 0.397 e. The van der Waals surface area contributed by atoms with Crippen LogP contribution in [0, 0.1) is 34.6 Å². The van der Waals surface area contributed by atoms with Gasteiger partial charge in [-0.2, -0.15) is 53.3 Å². The van der Waals surface area contributed by atoms with Crippen molar-refractivity contribution in [1.82, 2.24) is 54.8 Å². The van der Waals surface area contributed by atoms with E-state index in [1.165, 1.54) is 55.7 Å². The molecule has 0 saturated carbocycles. The van der Waals surface area contributed by atoms with E-state index in [0.29, 0.717) is 103 Å². The Balaban J connectivity index is 0.000000211. The number of fused-ring (bicyclic) bond motifs is 1. The molecule has 17 N–H and O–H groups in total. The first kappa shape index (κ1) is 98.7. The fourth-order valence-electron chi connectivity index (χ4n) is 10.7. The van der Waals surface area contributed by atoms with Gasteiger partial charge < -0.3 is 69.7 Å². The van der Waals surface area contributed by atoms with Gasteiger partial charge in [0.2, 0.25) is 57.4 Å². The Morgan fingerprint density at radius 1 is 0.484 bits per heavy atom. The van der Waals surface area contributed by atoms with Crippen molar-refractivity contribution in [3.63, 3.8) is 0 Å². The first-order chi connectivity index (χ1) is 59.7. The lowest BCUT2D eigenvalue weighted by Crippen LogP contribution is -2.19. The van der Waals surface area contributed by atoms with Crippen molar-refractivity contribution in [2.24, 2.45) is 11.5 Å². The number of carbonyl (C=O) groups excluding carboxylic acids is 3. The van der Waals surface area contributed by atoms with Gasteiger partial charge in [0.05, 0.1) is 50.6 Å². The average molecular weight is 1890 g/mol. The Morgan fingerprint density at radius 3 is 1.28 bits per heavy atom. The second-order valence-electron chi connectivity index (χ2n) is 26.2. The number of carbonyl (C=O) groups is 3. The van der Waals surface area contributed by atoms with Crippen molar-refractivity contribution in [3.05, 3.63) is 214 Å². The summed E-state index contributed by atoms with van der Waals surface area (Å²) in [6.45, 7) is 12.8. The zero-order valence-corrected chi connectivity index (χ0v) is 74.2. The van der Waals surface area contributed by atoms with Crippen LogP contribution in [0.1, 0.15) is 61.6 Å². The predicted octanol–water partition coefficient (Wildman–Crippen LogP) is 15.3. The lowest BCUT2D eigenvalue weighted by atomic mass is 10.1. The number of phenols is 1. The molecule has 666 valence electrons. The van der Waals surface area contributed by atoms with Gasteiger partial charge in [0.25, 0.3) is 0 Å². The number of nitrogens with one attached hydrogen (secondary N) is 10. The highest BCUT2D eigenvalue weighted by atomic mass is 35.5. The van der Waals surface area contributed by atoms with Crippen molar-refractivity contribution in [1.29, 1.82) is 0 Å². The molecule has 0 aliphatic carbocycles. The van der Waals surface area contributed by atoms with Gasteiger partial charge >= 0.3 is 22.5 Å². The molecule has 0 bridgehead atoms. The molecule has 4 heterocycles. The topological polar surface area (TPSA) is 590 Å². The summed E-state index contributed by atoms with van der Waals surface area (Å²) in [5.74, 6) is 0.101. The average Bonchev–Trinajstić information content (AvgIpc) is 0.785. The molecule has 49 heteroatoms. The van der Waals surface area contributed by atoms with E-state index in [1.807, 2.05) is 53.7 Å². The molecule has 0 aliphatic rings. The van der Waals surface area contributed by atoms with Crippen LogP contribution in [0.2, 0.25) is 15.9 Å². The Labute approximate surface area is 741 Å². The Hall–Kier alpha value is -12.7. The number of nitrogens with two attached hydrogens (primary N) is 2. The van der Waals surface area contributed by atoms with E-state index in [1.54, 1.807) is 116 Å². The summed E-state index contributed by atoms with van der Waals surface area (Å²) in [5, 5.41) is 51.6. The van der Waals surface area contributed by atoms with Gasteiger partial charge in [0.15, 0.2) is 36.3 Å². The number of nitrogens with zero attached hydrogens (tertiary/aromatic N) is 11. The van der Waals surface area contributed by atoms with Gasteiger partial charge in [0, 0.05) is 91.5 Å². The highest BCUT2D eigenvalue weighted by Gasteiger charge is 2.21. The van der Waals surface area contributed by atoms with E-state index in [2.05, 4.69) is 122 Å². The lowest BCUT2D eigenvalue weighted by Gasteiger charge is -2.12. The summed E-state index contributed by atoms with van der Waals surface area (Å²) in [4.78, 5) is 78.7. The zero-order chi connectivity index (χ0) is 92.1. The summed E-state index contributed by atoms with van der Waals surface area (Å²) < 4.78 is 124. The largest absolute Gasteiger partial charge is 0.507 e. The number of urea groups is 2. The number of sulfone groups is 3. The Bertz CT molecular complexity index is 6330. The number of rotatable bonds is 31. The lowest BCUT2D eigenvalue weighted by molar-refractivity contribution is -0.432. The number of phenolic OH excluding ortho intramolecular Hbond substituents is 1. The summed E-state index contributed by atoms with van der Waals surface area (Å²) in [6.07, 6.45) is 4.33. The molecule has 0 aliphatic heterocycles. The van der Waals surface area contributed by atoms with Crippen LogP contribution in [0.25, 0.3) is 10.8 Å². The van der Waals surface area contributed by atoms with Crippen molar-refractivity contribution in [2.45, 2.75) is 87.8 Å². The number of anilines is 16. The summed E-state index contributed by atoms with van der Waals surface area (Å²) in [5.41, 5.74) is 20.1. The Kier molecular flexibility index (Phi) is 36.3. The minimum absolute atomic E-state index is 0.0260. The molecule has 0 radical (unpaired) electrons. The van der Waals surface area contributed by atoms with E-state index in [-0.39, 0.29) is 89.4 Å². The van der Waals surface area contributed by atoms with Crippen LogP contribution in [0.4, 0.5) is 107 Å². The number of primary amides is 2. The first-order valence-corrected chi connectivity index (χ1v) is 45.0. The number of benzene rings is 8. The number of amides is 5. The normalized spacial score (nSPS) is 11.1. The monoisotopic (exact) mass is 1890 g/mol. The maximum Gasteiger partial charge on any atom is 0.397 e. The standard InChI is InChI=1S/C22H20ClN5O10S3.2C20H22ClN7O3S.C10H13FN2O.C5H6N2/c1-12-18(39-38-37-30)11-13-10-15(4-7-17(13)19(12)29)25-22-27-20(23)26-21(28-22)24-14-2-5-16(6-3-14)40(31,32)9-8-36-41(33,34)35;1-3-10-32(30,31)15-8-6-13(7-9-15)23-19-26-17(21)27-20(28-19)24-14-5-4-12(2)16(11-14)25-18(22)29;1-3-9-32(30,31)15-6-4-5-13(10-15)23-19-26-17(21)27-20(28-19)24-14-8-7-12(2)16(11-14)25-18(22)29;1-7-3-4-9(12-6-11)5-10(7)13-8(2)14;1-5-2-3-6-4-7-5/h2-7,10-11,29-30H,8-9H2,1H3,(H,33,34,35)(H2,24,25,26,27,28);4-9,11H,3,10H2,1-2H3,(H3,22,25,29)(H2,23,24,26,27,28);4-8,10-11H,3,9H2,1-2H3,(H3,22,25,29)(H2,23,24,26,27,28);3-5,12H,6H2,1-2H3,(H,13,14);2-4H,1H3. The third-order valence-corrected chi connectivity index (χ3v) is 23.8. The van der Waals surface area contributed by atoms with Gasteiger partial charge in [0.1, 0.15) is 12.1 Å². The number of halogens is 4. The van der Waals surface area contributed by atoms with Crippen LogP contribution in [0.15, 0.2) is 190 Å². The molecule has 12 rings (SSSR count). The van der Waals surface area contributed by atoms with Crippen molar-refractivity contribution in [3.8, 4) is 5.75 Å². The van der Waals surface area contributed by atoms with Crippen LogP contribution < -0.4 is 64.6 Å². The summed E-state index contributed by atoms with van der Waals surface area (Å²) in [7, 11) is -15.3. The maximum atomic E-state index is 12.4. The van der Waals surface area contributed by atoms with E-state index >= 15 is 0 Å². The molecule has 5 amide bonds. The second-order valence-corrected chi connectivity index (χ2v) is 35.4. The van der Waals surface area contributed by atoms with Crippen molar-refractivity contribution < 1.29 is 80.9 Å². The Morgan fingerprint density at radius 2 is 0.881 bits per heavy atom. The van der Waals surface area contributed by atoms with Crippen molar-refractivity contribution in [2.75, 3.05) is 83.8 Å². The van der Waals surface area contributed by atoms with Gasteiger partial charge in [-0.3, -0.25) is 9.35 Å². The molecular formula is C77H83Cl3FN23O17S5. The zero-order valence-electron chi connectivity index (χ0n) is 67.8. The van der Waals surface area contributed by atoms with Crippen molar-refractivity contribution >= 4 is 208 Å². The molecule has 126 heavy (non-hydrogen) atoms. The first-order valence-electron chi connectivity index (χ1n) is 36.8. The van der Waals surface area contributed by atoms with E-state index < -0.39 is 71.1 Å². The van der Waals surface area contributed by atoms with Crippen LogP contribution in [-0.2, 0) is 58.3 Å². The van der Waals surface area contributed by atoms with Crippen LogP contribution >= 0.6 is 46.8 Å². The molecule has 4 aromatic heterocycles. The highest BCUT2D eigenvalue weighted by Crippen LogP contribution is 2.39. The molecular weight excluding hydrogens is 1800 g/mol. The predicted molar refractivity (Wildman–Crippen MR) is 479 cm³/mol. The second kappa shape index (κ2) is 46.3. The minimum atomic E-state index is -4.75. The molecule has 0 unspecified atom stereocenters. The van der Waals surface area contributed by atoms with Crippen LogP contribution in [-0.4, -0.2) is 152 Å². The highest BCUT2D eigenvalue weighted by molar-refractivity contribution is 7.94. The number of hydrogen-bond acceptors (Lipinski definition) is 35. The maximum absolute atomic E-state index is 12.4. The van der Waals surface area contributed by atoms with Crippen LogP contribution in [0.5, 0.6) is 5.75 Å². The summed E-state index contributed by atoms with van der Waals surface area (Å²) in [6, 6.07) is 41.2. The SMILES string of the molecule is CC(=O)Nc1cc(NCF)ccc1C.CCCS(=O)(=O)c1ccc(Nc2nc(Cl)nc(Nc3ccc(C)c(NC(N)=O)c3)n2)cc1.CCCS(=O)(=O)c1cccc(Nc2nc(Cl)nc(Nc3ccc(C)c(NC(N)=O)c3)n2)c1.Cc1c(SOOO)cc2cc(Nc3nc(Cl)nc(Nc4ccc(S(=O)(=O)CCOS(=O)(=O)O)cc4)n3)ccc2c1O.Cc1ccncn1. The minimum Gasteiger partial charge on any atom is -0.507 e. The summed E-state index contributed by atoms with van der Waals surface area (Å²) >= 11 is 18.9. The quantitative estimate of drug-likeness (QED) is 0.00631. The molecule has 0 spiro atoms. The molecule has 0 fully saturated rings. The number of hydrogen-bond donors (Lipinski definition) is 15. The molecule has 12 aromatic rings. The van der Waals surface area contributed by atoms with Gasteiger partial charge in [-0.1, -0.05) is 43.2 Å². The van der Waals surface area contributed by atoms with E-state index in [0.717, 1.165) is 22.4 Å². The number of aromatic nitrogens is 11.